The molecule has 1 rings (SSSR count). The summed E-state index contributed by atoms with van der Waals surface area (Å²) in [4.78, 5) is 27.4. The molecule has 0 aliphatic carbocycles. The normalized spacial score (nSPS) is 10.9. The fourth-order valence-corrected chi connectivity index (χ4v) is 1.32. The average Bonchev–Trinajstić information content (AvgIpc) is 2.33. The number of amides is 2. The lowest BCUT2D eigenvalue weighted by molar-refractivity contribution is -0.128. The molecule has 0 saturated carbocycles. The minimum Gasteiger partial charge on any atom is -0.354 e. The molecule has 0 bridgehead atoms. The molecule has 2 amide bonds. The number of carbonyl (C=O) groups excluding carboxylic acids is 2. The standard InChI is InChI=1S/C14H21N3O2/c1-10-5-6-11(9-17-10)12(18)15-7-8-16-13(19)14(2,3)4/h5-6,9H,7-8H2,1-4H3,(H,15,18)(H,16,19). The molecule has 19 heavy (non-hydrogen) atoms. The highest BCUT2D eigenvalue weighted by molar-refractivity contribution is 5.93. The molecule has 0 aliphatic rings. The highest BCUT2D eigenvalue weighted by Gasteiger charge is 2.20. The topological polar surface area (TPSA) is 71.1 Å². The van der Waals surface area contributed by atoms with Gasteiger partial charge in [-0.05, 0) is 19.1 Å². The highest BCUT2D eigenvalue weighted by atomic mass is 16.2. The van der Waals surface area contributed by atoms with Crippen LogP contribution >= 0.6 is 0 Å². The van der Waals surface area contributed by atoms with E-state index in [1.807, 2.05) is 27.7 Å². The number of pyridine rings is 1. The number of carbonyl (C=O) groups is 2. The number of rotatable bonds is 4. The van der Waals surface area contributed by atoms with Gasteiger partial charge in [0.05, 0.1) is 5.56 Å². The Labute approximate surface area is 113 Å². The number of aromatic nitrogens is 1. The fourth-order valence-electron chi connectivity index (χ4n) is 1.32. The Morgan fingerprint density at radius 1 is 1.16 bits per heavy atom. The molecule has 1 aromatic heterocycles. The van der Waals surface area contributed by atoms with Gasteiger partial charge in [-0.3, -0.25) is 14.6 Å². The second-order valence-corrected chi connectivity index (χ2v) is 5.45. The third kappa shape index (κ3) is 5.07. The van der Waals surface area contributed by atoms with E-state index in [1.165, 1.54) is 0 Å². The predicted octanol–water partition coefficient (Wildman–Crippen LogP) is 1.28. The van der Waals surface area contributed by atoms with E-state index in [4.69, 9.17) is 0 Å². The summed E-state index contributed by atoms with van der Waals surface area (Å²) in [5.41, 5.74) is 0.979. The quantitative estimate of drug-likeness (QED) is 0.804. The molecule has 1 aromatic rings. The summed E-state index contributed by atoms with van der Waals surface area (Å²) in [6.45, 7) is 8.22. The zero-order valence-electron chi connectivity index (χ0n) is 11.9. The Kier molecular flexibility index (Phi) is 5.03. The zero-order valence-corrected chi connectivity index (χ0v) is 11.9. The van der Waals surface area contributed by atoms with E-state index in [9.17, 15) is 9.59 Å². The van der Waals surface area contributed by atoms with E-state index in [0.29, 0.717) is 18.7 Å². The SMILES string of the molecule is Cc1ccc(C(=O)NCCNC(=O)C(C)(C)C)cn1. The average molecular weight is 263 g/mol. The van der Waals surface area contributed by atoms with Crippen LogP contribution in [0, 0.1) is 12.3 Å². The van der Waals surface area contributed by atoms with Crippen LogP contribution in [-0.2, 0) is 4.79 Å². The van der Waals surface area contributed by atoms with Crippen molar-refractivity contribution < 1.29 is 9.59 Å². The van der Waals surface area contributed by atoms with Crippen LogP contribution in [-0.4, -0.2) is 29.9 Å². The molecule has 5 heteroatoms. The summed E-state index contributed by atoms with van der Waals surface area (Å²) in [6, 6.07) is 3.52. The van der Waals surface area contributed by atoms with Gasteiger partial charge in [0.15, 0.2) is 0 Å². The third-order valence-corrected chi connectivity index (χ3v) is 2.55. The summed E-state index contributed by atoms with van der Waals surface area (Å²) >= 11 is 0. The first-order valence-electron chi connectivity index (χ1n) is 6.30. The van der Waals surface area contributed by atoms with Gasteiger partial charge >= 0.3 is 0 Å². The van der Waals surface area contributed by atoms with Gasteiger partial charge in [-0.1, -0.05) is 20.8 Å². The van der Waals surface area contributed by atoms with Crippen molar-refractivity contribution in [3.63, 3.8) is 0 Å². The number of aryl methyl sites for hydroxylation is 1. The Hall–Kier alpha value is -1.91. The molecule has 0 spiro atoms. The summed E-state index contributed by atoms with van der Waals surface area (Å²) in [5.74, 6) is -0.212. The molecule has 0 atom stereocenters. The second kappa shape index (κ2) is 6.31. The molecule has 0 saturated heterocycles. The maximum atomic E-state index is 11.7. The minimum atomic E-state index is -0.412. The lowest BCUT2D eigenvalue weighted by Crippen LogP contribution is -2.39. The summed E-state index contributed by atoms with van der Waals surface area (Å²) < 4.78 is 0. The number of nitrogens with zero attached hydrogens (tertiary/aromatic N) is 1. The molecule has 0 aliphatic heterocycles. The van der Waals surface area contributed by atoms with Gasteiger partial charge in [-0.15, -0.1) is 0 Å². The molecule has 104 valence electrons. The smallest absolute Gasteiger partial charge is 0.252 e. The molecule has 0 unspecified atom stereocenters. The molecule has 2 N–H and O–H groups in total. The van der Waals surface area contributed by atoms with Crippen LogP contribution in [0.25, 0.3) is 0 Å². The van der Waals surface area contributed by atoms with Gasteiger partial charge in [-0.2, -0.15) is 0 Å². The van der Waals surface area contributed by atoms with Crippen molar-refractivity contribution in [2.45, 2.75) is 27.7 Å². The minimum absolute atomic E-state index is 0.0289. The van der Waals surface area contributed by atoms with E-state index in [2.05, 4.69) is 15.6 Å². The molecule has 5 nitrogen and oxygen atoms in total. The summed E-state index contributed by atoms with van der Waals surface area (Å²) in [5, 5.41) is 5.50. The zero-order chi connectivity index (χ0) is 14.5. The Bertz CT molecular complexity index is 447. The van der Waals surface area contributed by atoms with Crippen LogP contribution in [0.3, 0.4) is 0 Å². The fraction of sp³-hybridized carbons (Fsp3) is 0.500. The van der Waals surface area contributed by atoms with E-state index < -0.39 is 5.41 Å². The molecular weight excluding hydrogens is 242 g/mol. The van der Waals surface area contributed by atoms with Gasteiger partial charge in [-0.25, -0.2) is 0 Å². The van der Waals surface area contributed by atoms with E-state index >= 15 is 0 Å². The summed E-state index contributed by atoms with van der Waals surface area (Å²) in [6.07, 6.45) is 1.54. The molecule has 0 radical (unpaired) electrons. The Morgan fingerprint density at radius 3 is 2.32 bits per heavy atom. The van der Waals surface area contributed by atoms with Crippen molar-refractivity contribution >= 4 is 11.8 Å². The second-order valence-electron chi connectivity index (χ2n) is 5.45. The monoisotopic (exact) mass is 263 g/mol. The summed E-state index contributed by atoms with van der Waals surface area (Å²) in [7, 11) is 0. The number of hydrogen-bond acceptors (Lipinski definition) is 3. The maximum absolute atomic E-state index is 11.7. The van der Waals surface area contributed by atoms with Crippen molar-refractivity contribution in [3.05, 3.63) is 29.6 Å². The number of hydrogen-bond donors (Lipinski definition) is 2. The van der Waals surface area contributed by atoms with Crippen molar-refractivity contribution in [2.24, 2.45) is 5.41 Å². The maximum Gasteiger partial charge on any atom is 0.252 e. The van der Waals surface area contributed by atoms with E-state index in [1.54, 1.807) is 18.3 Å². The highest BCUT2D eigenvalue weighted by Crippen LogP contribution is 2.11. The van der Waals surface area contributed by atoms with Crippen LogP contribution < -0.4 is 10.6 Å². The van der Waals surface area contributed by atoms with Gasteiger partial charge in [0.25, 0.3) is 5.91 Å². The Morgan fingerprint density at radius 2 is 1.79 bits per heavy atom. The first-order chi connectivity index (χ1) is 8.80. The van der Waals surface area contributed by atoms with E-state index in [0.717, 1.165) is 5.69 Å². The number of nitrogens with one attached hydrogen (secondary N) is 2. The van der Waals surface area contributed by atoms with Crippen LogP contribution in [0.15, 0.2) is 18.3 Å². The van der Waals surface area contributed by atoms with Gasteiger partial charge < -0.3 is 10.6 Å². The van der Waals surface area contributed by atoms with Crippen molar-refractivity contribution in [3.8, 4) is 0 Å². The van der Waals surface area contributed by atoms with Crippen molar-refractivity contribution in [2.75, 3.05) is 13.1 Å². The molecule has 0 aromatic carbocycles. The van der Waals surface area contributed by atoms with Crippen LogP contribution in [0.4, 0.5) is 0 Å². The van der Waals surface area contributed by atoms with Crippen molar-refractivity contribution in [1.29, 1.82) is 0 Å². The van der Waals surface area contributed by atoms with E-state index in [-0.39, 0.29) is 11.8 Å². The third-order valence-electron chi connectivity index (χ3n) is 2.55. The van der Waals surface area contributed by atoms with Gasteiger partial charge in [0.1, 0.15) is 0 Å². The first-order valence-corrected chi connectivity index (χ1v) is 6.30. The predicted molar refractivity (Wildman–Crippen MR) is 73.8 cm³/mol. The molecule has 1 heterocycles. The van der Waals surface area contributed by atoms with Crippen LogP contribution in [0.2, 0.25) is 0 Å². The van der Waals surface area contributed by atoms with Gasteiger partial charge in [0, 0.05) is 30.4 Å². The van der Waals surface area contributed by atoms with Crippen molar-refractivity contribution in [1.82, 2.24) is 15.6 Å². The largest absolute Gasteiger partial charge is 0.354 e. The molecule has 0 fully saturated rings. The van der Waals surface area contributed by atoms with Crippen LogP contribution in [0.1, 0.15) is 36.8 Å². The van der Waals surface area contributed by atoms with Crippen LogP contribution in [0.5, 0.6) is 0 Å². The Balaban J connectivity index is 2.32. The van der Waals surface area contributed by atoms with Gasteiger partial charge in [0.2, 0.25) is 5.91 Å². The lowest BCUT2D eigenvalue weighted by Gasteiger charge is -2.17. The first kappa shape index (κ1) is 15.1. The molecular formula is C14H21N3O2. The lowest BCUT2D eigenvalue weighted by atomic mass is 9.96.